The number of aromatic nitrogens is 2. The van der Waals surface area contributed by atoms with E-state index < -0.39 is 5.54 Å². The second-order valence-corrected chi connectivity index (χ2v) is 7.80. The monoisotopic (exact) mass is 376 g/mol. The van der Waals surface area contributed by atoms with Crippen LogP contribution in [0.5, 0.6) is 0 Å². The van der Waals surface area contributed by atoms with Gasteiger partial charge in [0.15, 0.2) is 5.16 Å². The van der Waals surface area contributed by atoms with Crippen molar-refractivity contribution in [3.63, 3.8) is 0 Å². The Kier molecular flexibility index (Phi) is 5.55. The summed E-state index contributed by atoms with van der Waals surface area (Å²) in [6, 6.07) is 7.96. The van der Waals surface area contributed by atoms with Gasteiger partial charge in [-0.2, -0.15) is 5.26 Å². The molecule has 0 bridgehead atoms. The number of carbonyl (C=O) groups excluding carboxylic acids is 1. The summed E-state index contributed by atoms with van der Waals surface area (Å²) < 4.78 is 2.12. The molecule has 5 nitrogen and oxygen atoms in total. The fourth-order valence-electron chi connectivity index (χ4n) is 3.31. The van der Waals surface area contributed by atoms with Crippen molar-refractivity contribution in [3.8, 4) is 6.07 Å². The Hall–Kier alpha value is -1.71. The van der Waals surface area contributed by atoms with Crippen LogP contribution in [0.3, 0.4) is 0 Å². The van der Waals surface area contributed by atoms with Crippen LogP contribution < -0.4 is 5.32 Å². The molecule has 1 heterocycles. The first kappa shape index (κ1) is 18.1. The van der Waals surface area contributed by atoms with Crippen molar-refractivity contribution in [2.75, 3.05) is 5.75 Å². The smallest absolute Gasteiger partial charge is 0.231 e. The average Bonchev–Trinajstić information content (AvgIpc) is 3.19. The fourth-order valence-corrected chi connectivity index (χ4v) is 4.31. The lowest BCUT2D eigenvalue weighted by Gasteiger charge is -2.21. The summed E-state index contributed by atoms with van der Waals surface area (Å²) in [4.78, 5) is 17.0. The molecule has 7 heteroatoms. The molecule has 1 N–H and O–H groups in total. The second-order valence-electron chi connectivity index (χ2n) is 6.42. The van der Waals surface area contributed by atoms with Gasteiger partial charge in [0.25, 0.3) is 0 Å². The zero-order valence-electron chi connectivity index (χ0n) is 14.2. The number of halogens is 1. The van der Waals surface area contributed by atoms with E-state index in [1.807, 2.05) is 18.2 Å². The number of benzene rings is 1. The average molecular weight is 377 g/mol. The maximum absolute atomic E-state index is 12.3. The molecule has 2 aromatic rings. The number of rotatable bonds is 6. The van der Waals surface area contributed by atoms with Crippen molar-refractivity contribution >= 4 is 40.3 Å². The van der Waals surface area contributed by atoms with Gasteiger partial charge in [0.05, 0.1) is 22.9 Å². The molecule has 1 fully saturated rings. The lowest BCUT2D eigenvalue weighted by Crippen LogP contribution is -2.45. The molecule has 0 spiro atoms. The van der Waals surface area contributed by atoms with E-state index >= 15 is 0 Å². The second kappa shape index (κ2) is 7.67. The quantitative estimate of drug-likeness (QED) is 0.769. The van der Waals surface area contributed by atoms with Gasteiger partial charge in [-0.3, -0.25) is 4.79 Å². The number of hydrogen-bond acceptors (Lipinski definition) is 4. The number of hydrogen-bond donors (Lipinski definition) is 1. The number of nitriles is 1. The summed E-state index contributed by atoms with van der Waals surface area (Å²) in [5, 5.41) is 13.8. The highest BCUT2D eigenvalue weighted by Gasteiger charge is 2.35. The summed E-state index contributed by atoms with van der Waals surface area (Å²) in [6.07, 6.45) is 4.45. The summed E-state index contributed by atoms with van der Waals surface area (Å²) in [7, 11) is 0. The topological polar surface area (TPSA) is 70.7 Å². The minimum absolute atomic E-state index is 0.110. The number of amides is 1. The highest BCUT2D eigenvalue weighted by molar-refractivity contribution is 7.99. The highest BCUT2D eigenvalue weighted by Crippen LogP contribution is 2.30. The Morgan fingerprint density at radius 1 is 1.48 bits per heavy atom. The predicted molar refractivity (Wildman–Crippen MR) is 101 cm³/mol. The van der Waals surface area contributed by atoms with E-state index in [0.29, 0.717) is 5.02 Å². The molecule has 0 atom stereocenters. The van der Waals surface area contributed by atoms with E-state index in [1.165, 1.54) is 11.8 Å². The molecule has 1 aliphatic carbocycles. The molecule has 0 saturated heterocycles. The van der Waals surface area contributed by atoms with Crippen LogP contribution in [0.25, 0.3) is 11.0 Å². The summed E-state index contributed by atoms with van der Waals surface area (Å²) in [5.74, 6) is 0.145. The minimum atomic E-state index is -0.672. The van der Waals surface area contributed by atoms with Crippen molar-refractivity contribution < 1.29 is 4.79 Å². The molecule has 3 rings (SSSR count). The maximum Gasteiger partial charge on any atom is 0.231 e. The first-order valence-electron chi connectivity index (χ1n) is 8.58. The molecule has 1 aliphatic rings. The number of imidazole rings is 1. The molecule has 1 aromatic heterocycles. The van der Waals surface area contributed by atoms with Crippen LogP contribution in [-0.2, 0) is 11.3 Å². The molecular weight excluding hydrogens is 356 g/mol. The van der Waals surface area contributed by atoms with Crippen molar-refractivity contribution in [2.24, 2.45) is 0 Å². The Morgan fingerprint density at radius 2 is 2.24 bits per heavy atom. The third kappa shape index (κ3) is 3.94. The van der Waals surface area contributed by atoms with Crippen LogP contribution >= 0.6 is 23.4 Å². The van der Waals surface area contributed by atoms with Gasteiger partial charge >= 0.3 is 0 Å². The van der Waals surface area contributed by atoms with E-state index in [1.54, 1.807) is 0 Å². The molecule has 1 aromatic carbocycles. The Labute approximate surface area is 156 Å². The molecule has 1 amide bonds. The number of thioether (sulfide) groups is 1. The van der Waals surface area contributed by atoms with Crippen molar-refractivity contribution in [3.05, 3.63) is 23.2 Å². The molecule has 25 heavy (non-hydrogen) atoms. The van der Waals surface area contributed by atoms with Gasteiger partial charge < -0.3 is 9.88 Å². The van der Waals surface area contributed by atoms with Gasteiger partial charge in [-0.05, 0) is 50.3 Å². The lowest BCUT2D eigenvalue weighted by atomic mass is 10.0. The first-order valence-corrected chi connectivity index (χ1v) is 9.94. The van der Waals surface area contributed by atoms with Crippen molar-refractivity contribution in [1.82, 2.24) is 14.9 Å². The van der Waals surface area contributed by atoms with Crippen molar-refractivity contribution in [2.45, 2.75) is 56.3 Å². The van der Waals surface area contributed by atoms with Crippen LogP contribution in [0.4, 0.5) is 0 Å². The highest BCUT2D eigenvalue weighted by atomic mass is 35.5. The van der Waals surface area contributed by atoms with Crippen LogP contribution in [-0.4, -0.2) is 26.8 Å². The van der Waals surface area contributed by atoms with Gasteiger partial charge in [0, 0.05) is 11.6 Å². The van der Waals surface area contributed by atoms with Gasteiger partial charge in [-0.1, -0.05) is 30.3 Å². The van der Waals surface area contributed by atoms with Crippen LogP contribution in [0, 0.1) is 11.3 Å². The van der Waals surface area contributed by atoms with E-state index in [9.17, 15) is 10.1 Å². The van der Waals surface area contributed by atoms with E-state index in [2.05, 4.69) is 27.9 Å². The summed E-state index contributed by atoms with van der Waals surface area (Å²) in [6.45, 7) is 2.95. The third-order valence-electron chi connectivity index (χ3n) is 4.50. The SMILES string of the molecule is CCCn1c(SCC(=O)NC2(C#N)CCCC2)nc2cc(Cl)ccc21. The van der Waals surface area contributed by atoms with E-state index in [0.717, 1.165) is 54.8 Å². The fraction of sp³-hybridized carbons (Fsp3) is 0.500. The van der Waals surface area contributed by atoms with Gasteiger partial charge in [-0.25, -0.2) is 4.98 Å². The Bertz CT molecular complexity index is 820. The largest absolute Gasteiger partial charge is 0.337 e. The van der Waals surface area contributed by atoms with E-state index in [-0.39, 0.29) is 11.7 Å². The normalized spacial score (nSPS) is 16.0. The third-order valence-corrected chi connectivity index (χ3v) is 5.72. The lowest BCUT2D eigenvalue weighted by molar-refractivity contribution is -0.119. The number of nitrogens with zero attached hydrogens (tertiary/aromatic N) is 3. The minimum Gasteiger partial charge on any atom is -0.337 e. The number of aryl methyl sites for hydroxylation is 1. The zero-order valence-corrected chi connectivity index (χ0v) is 15.8. The summed E-state index contributed by atoms with van der Waals surface area (Å²) in [5.41, 5.74) is 1.20. The maximum atomic E-state index is 12.3. The number of carbonyl (C=O) groups is 1. The predicted octanol–water partition coefficient (Wildman–Crippen LogP) is 4.14. The molecule has 0 aliphatic heterocycles. The van der Waals surface area contributed by atoms with E-state index in [4.69, 9.17) is 11.6 Å². The first-order chi connectivity index (χ1) is 12.1. The molecule has 0 radical (unpaired) electrons. The zero-order chi connectivity index (χ0) is 17.9. The van der Waals surface area contributed by atoms with Crippen molar-refractivity contribution in [1.29, 1.82) is 5.26 Å². The summed E-state index contributed by atoms with van der Waals surface area (Å²) >= 11 is 7.47. The van der Waals surface area contributed by atoms with Crippen LogP contribution in [0.2, 0.25) is 5.02 Å². The Morgan fingerprint density at radius 3 is 2.92 bits per heavy atom. The number of nitrogens with one attached hydrogen (secondary N) is 1. The Balaban J connectivity index is 1.73. The van der Waals surface area contributed by atoms with Gasteiger partial charge in [0.2, 0.25) is 5.91 Å². The number of fused-ring (bicyclic) bond motifs is 1. The standard InChI is InChI=1S/C18H21ClN4OS/c1-2-9-23-15-6-5-13(19)10-14(15)21-17(23)25-11-16(24)22-18(12-20)7-3-4-8-18/h5-6,10H,2-4,7-9,11H2,1H3,(H,22,24). The molecule has 1 saturated carbocycles. The van der Waals surface area contributed by atoms with Crippen LogP contribution in [0.1, 0.15) is 39.0 Å². The molecule has 132 valence electrons. The molecular formula is C18H21ClN4OS. The van der Waals surface area contributed by atoms with Gasteiger partial charge in [-0.15, -0.1) is 0 Å². The molecule has 0 unspecified atom stereocenters. The van der Waals surface area contributed by atoms with Crippen LogP contribution in [0.15, 0.2) is 23.4 Å². The van der Waals surface area contributed by atoms with Gasteiger partial charge in [0.1, 0.15) is 5.54 Å².